The third kappa shape index (κ3) is 5.07. The standard InChI is InChI=1S/C30H26ClF3N2O2/c1-29(2)16-23-27(25(37)17-29)28(19-9-11-20(12-10-19)30(32,33)34)36(24-6-4-3-5-22(24)35-23)26(38)15-18-7-13-21(31)14-8-18/h3-14,28,35H,15-17H2,1-2H3. The highest BCUT2D eigenvalue weighted by Crippen LogP contribution is 2.48. The molecule has 0 aromatic heterocycles. The Balaban J connectivity index is 1.70. The second-order valence-electron chi connectivity index (χ2n) is 10.6. The Morgan fingerprint density at radius 3 is 2.32 bits per heavy atom. The molecule has 1 amide bonds. The highest BCUT2D eigenvalue weighted by molar-refractivity contribution is 6.30. The molecule has 0 bridgehead atoms. The number of ketones is 1. The fourth-order valence-electron chi connectivity index (χ4n) is 5.29. The number of nitrogens with one attached hydrogen (secondary N) is 1. The van der Waals surface area contributed by atoms with Gasteiger partial charge in [-0.15, -0.1) is 0 Å². The molecule has 1 N–H and O–H groups in total. The average Bonchev–Trinajstić information content (AvgIpc) is 2.98. The van der Waals surface area contributed by atoms with Crippen molar-refractivity contribution in [2.24, 2.45) is 5.41 Å². The molecule has 0 fully saturated rings. The van der Waals surface area contributed by atoms with E-state index >= 15 is 0 Å². The van der Waals surface area contributed by atoms with Gasteiger partial charge in [-0.2, -0.15) is 13.2 Å². The second kappa shape index (κ2) is 9.62. The molecular formula is C30H26ClF3N2O2. The summed E-state index contributed by atoms with van der Waals surface area (Å²) in [7, 11) is 0. The van der Waals surface area contributed by atoms with Crippen molar-refractivity contribution < 1.29 is 22.8 Å². The summed E-state index contributed by atoms with van der Waals surface area (Å²) in [5.74, 6) is -0.427. The monoisotopic (exact) mass is 538 g/mol. The fraction of sp³-hybridized carbons (Fsp3) is 0.267. The van der Waals surface area contributed by atoms with Crippen molar-refractivity contribution in [2.45, 2.75) is 45.3 Å². The molecule has 0 saturated carbocycles. The minimum atomic E-state index is -4.50. The first-order valence-electron chi connectivity index (χ1n) is 12.3. The lowest BCUT2D eigenvalue weighted by Crippen LogP contribution is -2.40. The number of anilines is 2. The Morgan fingerprint density at radius 2 is 1.66 bits per heavy atom. The van der Waals surface area contributed by atoms with Crippen molar-refractivity contribution in [2.75, 3.05) is 10.2 Å². The maximum Gasteiger partial charge on any atom is 0.416 e. The van der Waals surface area contributed by atoms with E-state index in [1.165, 1.54) is 12.1 Å². The second-order valence-corrected chi connectivity index (χ2v) is 11.0. The molecule has 196 valence electrons. The highest BCUT2D eigenvalue weighted by Gasteiger charge is 2.43. The van der Waals surface area contributed by atoms with Crippen LogP contribution in [0.2, 0.25) is 5.02 Å². The van der Waals surface area contributed by atoms with Crippen molar-refractivity contribution in [3.63, 3.8) is 0 Å². The Labute approximate surface area is 224 Å². The van der Waals surface area contributed by atoms with Gasteiger partial charge in [-0.1, -0.05) is 61.8 Å². The molecule has 0 radical (unpaired) electrons. The Hall–Kier alpha value is -3.58. The minimum Gasteiger partial charge on any atom is -0.357 e. The number of hydrogen-bond acceptors (Lipinski definition) is 3. The zero-order valence-corrected chi connectivity index (χ0v) is 21.7. The lowest BCUT2D eigenvalue weighted by atomic mass is 9.73. The van der Waals surface area contributed by atoms with Gasteiger partial charge in [0.2, 0.25) is 5.91 Å². The molecule has 5 rings (SSSR count). The summed E-state index contributed by atoms with van der Waals surface area (Å²) in [5.41, 5.74) is 2.35. The number of carbonyl (C=O) groups is 2. The van der Waals surface area contributed by atoms with Gasteiger partial charge in [-0.05, 0) is 59.4 Å². The molecule has 8 heteroatoms. The molecular weight excluding hydrogens is 513 g/mol. The van der Waals surface area contributed by atoms with E-state index in [0.717, 1.165) is 17.7 Å². The normalized spacial score (nSPS) is 18.8. The maximum absolute atomic E-state index is 14.0. The third-order valence-electron chi connectivity index (χ3n) is 6.99. The number of carbonyl (C=O) groups excluding carboxylic acids is 2. The minimum absolute atomic E-state index is 0.0188. The molecule has 0 saturated heterocycles. The van der Waals surface area contributed by atoms with Crippen LogP contribution in [0.25, 0.3) is 0 Å². The smallest absolute Gasteiger partial charge is 0.357 e. The van der Waals surface area contributed by atoms with E-state index < -0.39 is 17.8 Å². The van der Waals surface area contributed by atoms with E-state index in [1.54, 1.807) is 41.3 Å². The van der Waals surface area contributed by atoms with Crippen molar-refractivity contribution >= 4 is 34.7 Å². The number of amides is 1. The van der Waals surface area contributed by atoms with Crippen LogP contribution in [0.5, 0.6) is 0 Å². The molecule has 1 aliphatic carbocycles. The molecule has 0 spiro atoms. The summed E-state index contributed by atoms with van der Waals surface area (Å²) in [5, 5.41) is 3.95. The number of fused-ring (bicyclic) bond motifs is 1. The first-order chi connectivity index (χ1) is 17.9. The predicted molar refractivity (Wildman–Crippen MR) is 142 cm³/mol. The summed E-state index contributed by atoms with van der Waals surface area (Å²) in [6.07, 6.45) is -3.67. The summed E-state index contributed by atoms with van der Waals surface area (Å²) in [4.78, 5) is 29.3. The van der Waals surface area contributed by atoms with E-state index in [-0.39, 0.29) is 29.9 Å². The number of allylic oxidation sites excluding steroid dienone is 1. The van der Waals surface area contributed by atoms with Gasteiger partial charge >= 0.3 is 6.18 Å². The lowest BCUT2D eigenvalue weighted by Gasteiger charge is -2.37. The van der Waals surface area contributed by atoms with Crippen molar-refractivity contribution in [3.05, 3.63) is 106 Å². The van der Waals surface area contributed by atoms with Gasteiger partial charge in [0.15, 0.2) is 5.78 Å². The number of benzene rings is 3. The van der Waals surface area contributed by atoms with Crippen molar-refractivity contribution in [1.82, 2.24) is 0 Å². The topological polar surface area (TPSA) is 49.4 Å². The van der Waals surface area contributed by atoms with Gasteiger partial charge in [0.1, 0.15) is 0 Å². The van der Waals surface area contributed by atoms with Gasteiger partial charge in [-0.3, -0.25) is 14.5 Å². The van der Waals surface area contributed by atoms with Crippen molar-refractivity contribution in [1.29, 1.82) is 0 Å². The number of nitrogens with zero attached hydrogens (tertiary/aromatic N) is 1. The van der Waals surface area contributed by atoms with E-state index in [4.69, 9.17) is 11.6 Å². The molecule has 3 aromatic carbocycles. The van der Waals surface area contributed by atoms with E-state index in [2.05, 4.69) is 5.32 Å². The SMILES string of the molecule is CC1(C)CC(=O)C2=C(C1)Nc1ccccc1N(C(=O)Cc1ccc(Cl)cc1)C2c1ccc(C(F)(F)F)cc1. The molecule has 4 nitrogen and oxygen atoms in total. The van der Waals surface area contributed by atoms with Crippen LogP contribution in [0.3, 0.4) is 0 Å². The first-order valence-corrected chi connectivity index (χ1v) is 12.7. The van der Waals surface area contributed by atoms with Gasteiger partial charge in [0.05, 0.1) is 29.4 Å². The Morgan fingerprint density at radius 1 is 1.00 bits per heavy atom. The molecule has 1 heterocycles. The zero-order chi connectivity index (χ0) is 27.2. The van der Waals surface area contributed by atoms with Crippen LogP contribution >= 0.6 is 11.6 Å². The van der Waals surface area contributed by atoms with E-state index in [1.807, 2.05) is 26.0 Å². The number of halogens is 4. The molecule has 1 unspecified atom stereocenters. The summed E-state index contributed by atoms with van der Waals surface area (Å²) in [6, 6.07) is 18.0. The number of para-hydroxylation sites is 2. The third-order valence-corrected chi connectivity index (χ3v) is 7.24. The number of alkyl halides is 3. The average molecular weight is 539 g/mol. The molecule has 1 atom stereocenters. The molecule has 38 heavy (non-hydrogen) atoms. The van der Waals surface area contributed by atoms with Gasteiger partial charge in [-0.25, -0.2) is 0 Å². The van der Waals surface area contributed by atoms with Crippen LogP contribution in [0, 0.1) is 5.41 Å². The summed E-state index contributed by atoms with van der Waals surface area (Å²) >= 11 is 6.02. The maximum atomic E-state index is 14.0. The molecule has 1 aliphatic heterocycles. The zero-order valence-electron chi connectivity index (χ0n) is 20.9. The lowest BCUT2D eigenvalue weighted by molar-refractivity contribution is -0.137. The van der Waals surface area contributed by atoms with Crippen LogP contribution in [0.1, 0.15) is 49.4 Å². The predicted octanol–water partition coefficient (Wildman–Crippen LogP) is 7.74. The highest BCUT2D eigenvalue weighted by atomic mass is 35.5. The summed E-state index contributed by atoms with van der Waals surface area (Å²) in [6.45, 7) is 4.01. The first kappa shape index (κ1) is 26.0. The Bertz CT molecular complexity index is 1430. The van der Waals surface area contributed by atoms with Gasteiger partial charge in [0, 0.05) is 22.7 Å². The van der Waals surface area contributed by atoms with Crippen LogP contribution in [0.4, 0.5) is 24.5 Å². The largest absolute Gasteiger partial charge is 0.416 e. The fourth-order valence-corrected chi connectivity index (χ4v) is 5.42. The number of rotatable bonds is 3. The van der Waals surface area contributed by atoms with Crippen LogP contribution < -0.4 is 10.2 Å². The molecule has 3 aromatic rings. The van der Waals surface area contributed by atoms with Crippen LogP contribution in [-0.2, 0) is 22.2 Å². The Kier molecular flexibility index (Phi) is 6.59. The molecule has 2 aliphatic rings. The van der Waals surface area contributed by atoms with Crippen LogP contribution in [0.15, 0.2) is 84.1 Å². The van der Waals surface area contributed by atoms with Crippen molar-refractivity contribution in [3.8, 4) is 0 Å². The van der Waals surface area contributed by atoms with E-state index in [9.17, 15) is 22.8 Å². The quantitative estimate of drug-likeness (QED) is 0.371. The number of Topliss-reactive ketones (excluding diaryl/α,β-unsaturated/α-hetero) is 1. The van der Waals surface area contributed by atoms with Gasteiger partial charge < -0.3 is 5.32 Å². The summed E-state index contributed by atoms with van der Waals surface area (Å²) < 4.78 is 40.1. The van der Waals surface area contributed by atoms with Crippen LogP contribution in [-0.4, -0.2) is 11.7 Å². The van der Waals surface area contributed by atoms with Gasteiger partial charge in [0.25, 0.3) is 0 Å². The van der Waals surface area contributed by atoms with E-state index in [0.29, 0.717) is 39.7 Å². The number of hydrogen-bond donors (Lipinski definition) is 1.